The summed E-state index contributed by atoms with van der Waals surface area (Å²) in [6, 6.07) is 5.93. The fourth-order valence-electron chi connectivity index (χ4n) is 1.96. The number of nitrogens with one attached hydrogen (secondary N) is 2. The molecule has 0 aromatic heterocycles. The van der Waals surface area contributed by atoms with Gasteiger partial charge in [0.1, 0.15) is 0 Å². The van der Waals surface area contributed by atoms with Crippen LogP contribution in [0.2, 0.25) is 0 Å². The van der Waals surface area contributed by atoms with Gasteiger partial charge in [-0.05, 0) is 29.5 Å². The lowest BCUT2D eigenvalue weighted by atomic mass is 9.89. The minimum atomic E-state index is -1.03. The number of aromatic carboxylic acids is 1. The number of hydrogen-bond donors (Lipinski definition) is 4. The lowest BCUT2D eigenvalue weighted by molar-refractivity contribution is -0.120. The number of aliphatic hydroxyl groups is 1. The van der Waals surface area contributed by atoms with Crippen molar-refractivity contribution in [3.8, 4) is 0 Å². The van der Waals surface area contributed by atoms with Crippen molar-refractivity contribution in [1.82, 2.24) is 5.32 Å². The van der Waals surface area contributed by atoms with Crippen LogP contribution in [0.15, 0.2) is 36.2 Å². The van der Waals surface area contributed by atoms with Crippen LogP contribution in [0.4, 0.5) is 0 Å². The number of allylic oxidation sites excluding steroid dienone is 1. The van der Waals surface area contributed by atoms with E-state index in [2.05, 4.69) is 5.32 Å². The van der Waals surface area contributed by atoms with Crippen LogP contribution in [0.25, 0.3) is 0 Å². The van der Waals surface area contributed by atoms with Gasteiger partial charge in [-0.1, -0.05) is 32.9 Å². The van der Waals surface area contributed by atoms with Crippen LogP contribution in [-0.2, 0) is 11.2 Å². The van der Waals surface area contributed by atoms with Gasteiger partial charge in [0.2, 0.25) is 5.91 Å². The number of carboxylic acid groups (broad SMARTS) is 1. The first-order valence-corrected chi connectivity index (χ1v) is 7.17. The SMILES string of the molecule is CC(C)(C)CC(=N)/C=C(\O)NC(=O)Cc1ccc(C(=O)O)cc1. The first kappa shape index (κ1) is 18.4. The van der Waals surface area contributed by atoms with Gasteiger partial charge in [-0.3, -0.25) is 10.1 Å². The first-order valence-electron chi connectivity index (χ1n) is 7.17. The molecule has 1 rings (SSSR count). The van der Waals surface area contributed by atoms with E-state index in [9.17, 15) is 14.7 Å². The van der Waals surface area contributed by atoms with E-state index in [1.807, 2.05) is 20.8 Å². The Hall–Kier alpha value is -2.63. The van der Waals surface area contributed by atoms with Crippen LogP contribution in [0.1, 0.15) is 43.1 Å². The maximum atomic E-state index is 11.8. The molecule has 0 saturated carbocycles. The van der Waals surface area contributed by atoms with Crippen molar-refractivity contribution < 1.29 is 19.8 Å². The summed E-state index contributed by atoms with van der Waals surface area (Å²) in [5.74, 6) is -1.84. The highest BCUT2D eigenvalue weighted by atomic mass is 16.4. The van der Waals surface area contributed by atoms with Crippen LogP contribution in [-0.4, -0.2) is 27.8 Å². The second-order valence-corrected chi connectivity index (χ2v) is 6.52. The molecule has 4 N–H and O–H groups in total. The third-order valence-corrected chi connectivity index (χ3v) is 2.86. The Labute approximate surface area is 135 Å². The number of carbonyl (C=O) groups is 2. The van der Waals surface area contributed by atoms with Crippen molar-refractivity contribution in [2.75, 3.05) is 0 Å². The van der Waals surface area contributed by atoms with Gasteiger partial charge in [-0.15, -0.1) is 0 Å². The summed E-state index contributed by atoms with van der Waals surface area (Å²) in [5.41, 5.74) is 0.919. The van der Waals surface area contributed by atoms with Gasteiger partial charge < -0.3 is 15.6 Å². The highest BCUT2D eigenvalue weighted by molar-refractivity contribution is 5.93. The van der Waals surface area contributed by atoms with Gasteiger partial charge in [0.05, 0.1) is 12.0 Å². The molecule has 6 nitrogen and oxygen atoms in total. The number of hydrogen-bond acceptors (Lipinski definition) is 4. The summed E-state index contributed by atoms with van der Waals surface area (Å²) in [4.78, 5) is 22.6. The topological polar surface area (TPSA) is 110 Å². The summed E-state index contributed by atoms with van der Waals surface area (Å²) >= 11 is 0. The molecule has 6 heteroatoms. The zero-order valence-corrected chi connectivity index (χ0v) is 13.5. The summed E-state index contributed by atoms with van der Waals surface area (Å²) < 4.78 is 0. The second-order valence-electron chi connectivity index (χ2n) is 6.52. The van der Waals surface area contributed by atoms with Crippen molar-refractivity contribution in [1.29, 1.82) is 5.41 Å². The van der Waals surface area contributed by atoms with E-state index in [4.69, 9.17) is 10.5 Å². The standard InChI is InChI=1S/C17H22N2O4/c1-17(2,3)10-13(18)9-15(21)19-14(20)8-11-4-6-12(7-5-11)16(22)23/h4-7,9,18,21H,8,10H2,1-3H3,(H,19,20)(H,22,23)/b15-9-,18-13?. The van der Waals surface area contributed by atoms with Gasteiger partial charge in [-0.2, -0.15) is 0 Å². The molecule has 0 fully saturated rings. The molecule has 0 radical (unpaired) electrons. The fraction of sp³-hybridized carbons (Fsp3) is 0.353. The van der Waals surface area contributed by atoms with Gasteiger partial charge in [0, 0.05) is 11.8 Å². The minimum absolute atomic E-state index is 0.00437. The first-order chi connectivity index (χ1) is 10.6. The Balaban J connectivity index is 2.58. The molecule has 0 unspecified atom stereocenters. The Morgan fingerprint density at radius 2 is 1.74 bits per heavy atom. The molecule has 124 valence electrons. The van der Waals surface area contributed by atoms with Gasteiger partial charge in [-0.25, -0.2) is 4.79 Å². The molecule has 23 heavy (non-hydrogen) atoms. The molecule has 1 aromatic rings. The van der Waals surface area contributed by atoms with E-state index in [0.29, 0.717) is 12.0 Å². The minimum Gasteiger partial charge on any atom is -0.494 e. The summed E-state index contributed by atoms with van der Waals surface area (Å²) in [6.45, 7) is 5.93. The average molecular weight is 318 g/mol. The summed E-state index contributed by atoms with van der Waals surface area (Å²) in [6.07, 6.45) is 1.70. The van der Waals surface area contributed by atoms with Crippen LogP contribution in [0, 0.1) is 10.8 Å². The molecule has 0 heterocycles. The average Bonchev–Trinajstić information content (AvgIpc) is 2.36. The predicted octanol–water partition coefficient (Wildman–Crippen LogP) is 2.90. The Kier molecular flexibility index (Phi) is 6.07. The van der Waals surface area contributed by atoms with Crippen molar-refractivity contribution in [3.05, 3.63) is 47.4 Å². The second kappa shape index (κ2) is 7.58. The maximum absolute atomic E-state index is 11.8. The molecule has 1 aromatic carbocycles. The largest absolute Gasteiger partial charge is 0.494 e. The van der Waals surface area contributed by atoms with E-state index in [1.165, 1.54) is 18.2 Å². The quantitative estimate of drug-likeness (QED) is 0.477. The van der Waals surface area contributed by atoms with E-state index in [0.717, 1.165) is 0 Å². The number of rotatable bonds is 6. The molecule has 0 saturated heterocycles. The number of amides is 1. The van der Waals surface area contributed by atoms with Gasteiger partial charge in [0.15, 0.2) is 5.88 Å². The van der Waals surface area contributed by atoms with Crippen LogP contribution in [0.3, 0.4) is 0 Å². The Morgan fingerprint density at radius 1 is 1.17 bits per heavy atom. The monoisotopic (exact) mass is 318 g/mol. The van der Waals surface area contributed by atoms with E-state index in [-0.39, 0.29) is 29.0 Å². The Morgan fingerprint density at radius 3 is 2.22 bits per heavy atom. The molecule has 0 bridgehead atoms. The lowest BCUT2D eigenvalue weighted by Crippen LogP contribution is -2.25. The molecule has 1 amide bonds. The molecule has 0 aliphatic rings. The van der Waals surface area contributed by atoms with Crippen molar-refractivity contribution >= 4 is 17.6 Å². The number of aliphatic hydroxyl groups excluding tert-OH is 1. The van der Waals surface area contributed by atoms with Crippen molar-refractivity contribution in [3.63, 3.8) is 0 Å². The number of carbonyl (C=O) groups excluding carboxylic acids is 1. The molecular formula is C17H22N2O4. The molecule has 0 aliphatic heterocycles. The third kappa shape index (κ3) is 7.26. The zero-order chi connectivity index (χ0) is 17.6. The molecule has 0 atom stereocenters. The summed E-state index contributed by atoms with van der Waals surface area (Å²) in [5, 5.41) is 28.6. The predicted molar refractivity (Wildman–Crippen MR) is 87.8 cm³/mol. The maximum Gasteiger partial charge on any atom is 0.335 e. The number of carboxylic acids is 1. The third-order valence-electron chi connectivity index (χ3n) is 2.86. The van der Waals surface area contributed by atoms with Crippen LogP contribution in [0.5, 0.6) is 0 Å². The smallest absolute Gasteiger partial charge is 0.335 e. The molecule has 0 spiro atoms. The van der Waals surface area contributed by atoms with Crippen molar-refractivity contribution in [2.45, 2.75) is 33.6 Å². The highest BCUT2D eigenvalue weighted by Crippen LogP contribution is 2.19. The molecule has 0 aliphatic carbocycles. The number of benzene rings is 1. The van der Waals surface area contributed by atoms with Crippen LogP contribution >= 0.6 is 0 Å². The zero-order valence-electron chi connectivity index (χ0n) is 13.5. The van der Waals surface area contributed by atoms with E-state index in [1.54, 1.807) is 12.1 Å². The van der Waals surface area contributed by atoms with Crippen molar-refractivity contribution in [2.24, 2.45) is 5.41 Å². The van der Waals surface area contributed by atoms with Gasteiger partial charge >= 0.3 is 5.97 Å². The van der Waals surface area contributed by atoms with E-state index >= 15 is 0 Å². The summed E-state index contributed by atoms with van der Waals surface area (Å²) in [7, 11) is 0. The lowest BCUT2D eigenvalue weighted by Gasteiger charge is -2.17. The highest BCUT2D eigenvalue weighted by Gasteiger charge is 2.13. The Bertz CT molecular complexity index is 625. The van der Waals surface area contributed by atoms with E-state index < -0.39 is 11.9 Å². The van der Waals surface area contributed by atoms with Crippen LogP contribution < -0.4 is 5.32 Å². The normalized spacial score (nSPS) is 11.9. The molecular weight excluding hydrogens is 296 g/mol. The fourth-order valence-corrected chi connectivity index (χ4v) is 1.96. The van der Waals surface area contributed by atoms with Gasteiger partial charge in [0.25, 0.3) is 0 Å².